The van der Waals surface area contributed by atoms with Crippen molar-refractivity contribution in [1.29, 1.82) is 0 Å². The SMILES string of the molecule is O=C1CCCc2cc(S(=O)(=O)Cl)ccc21. The zero-order valence-corrected chi connectivity index (χ0v) is 9.44. The maximum Gasteiger partial charge on any atom is 0.261 e. The number of fused-ring (bicyclic) bond motifs is 1. The van der Waals surface area contributed by atoms with E-state index in [1.54, 1.807) is 6.07 Å². The van der Waals surface area contributed by atoms with Crippen molar-refractivity contribution < 1.29 is 13.2 Å². The fourth-order valence-corrected chi connectivity index (χ4v) is 2.58. The molecule has 0 amide bonds. The van der Waals surface area contributed by atoms with Crippen molar-refractivity contribution in [2.75, 3.05) is 0 Å². The molecule has 0 saturated carbocycles. The molecule has 1 aromatic rings. The molecule has 0 bridgehead atoms. The molecule has 0 radical (unpaired) electrons. The lowest BCUT2D eigenvalue weighted by Gasteiger charge is -2.14. The van der Waals surface area contributed by atoms with Crippen LogP contribution in [0, 0.1) is 0 Å². The Morgan fingerprint density at radius 2 is 1.93 bits per heavy atom. The predicted molar refractivity (Wildman–Crippen MR) is 56.7 cm³/mol. The van der Waals surface area contributed by atoms with Crippen molar-refractivity contribution in [3.8, 4) is 0 Å². The largest absolute Gasteiger partial charge is 0.294 e. The summed E-state index contributed by atoms with van der Waals surface area (Å²) >= 11 is 0. The molecule has 0 unspecified atom stereocenters. The number of carbonyl (C=O) groups is 1. The first-order valence-corrected chi connectivity index (χ1v) is 6.90. The average molecular weight is 245 g/mol. The van der Waals surface area contributed by atoms with Crippen LogP contribution in [0.1, 0.15) is 28.8 Å². The Bertz CT molecular complexity index is 519. The van der Waals surface area contributed by atoms with Crippen molar-refractivity contribution in [3.05, 3.63) is 29.3 Å². The molecule has 1 aliphatic carbocycles. The first-order chi connectivity index (χ1) is 6.98. The normalized spacial score (nSPS) is 16.2. The van der Waals surface area contributed by atoms with Crippen LogP contribution >= 0.6 is 10.7 Å². The molecule has 0 spiro atoms. The molecule has 0 saturated heterocycles. The Balaban J connectivity index is 2.56. The van der Waals surface area contributed by atoms with Crippen molar-refractivity contribution in [2.24, 2.45) is 0 Å². The predicted octanol–water partition coefficient (Wildman–Crippen LogP) is 2.13. The standard InChI is InChI=1S/C10H9ClO3S/c11-15(13,14)8-4-5-9-7(6-8)2-1-3-10(9)12/h4-6H,1-3H2. The van der Waals surface area contributed by atoms with E-state index < -0.39 is 9.05 Å². The summed E-state index contributed by atoms with van der Waals surface area (Å²) in [6, 6.07) is 4.42. The fraction of sp³-hybridized carbons (Fsp3) is 0.300. The van der Waals surface area contributed by atoms with E-state index in [1.165, 1.54) is 12.1 Å². The lowest BCUT2D eigenvalue weighted by Crippen LogP contribution is -2.11. The van der Waals surface area contributed by atoms with Gasteiger partial charge in [-0.15, -0.1) is 0 Å². The van der Waals surface area contributed by atoms with Gasteiger partial charge in [-0.2, -0.15) is 0 Å². The molecule has 1 aliphatic rings. The molecule has 2 rings (SSSR count). The van der Waals surface area contributed by atoms with E-state index in [1.807, 2.05) is 0 Å². The number of hydrogen-bond donors (Lipinski definition) is 0. The molecule has 0 aromatic heterocycles. The van der Waals surface area contributed by atoms with E-state index in [0.717, 1.165) is 18.4 Å². The third kappa shape index (κ3) is 2.06. The van der Waals surface area contributed by atoms with Gasteiger partial charge in [0.2, 0.25) is 0 Å². The van der Waals surface area contributed by atoms with Gasteiger partial charge in [-0.25, -0.2) is 8.42 Å². The number of rotatable bonds is 1. The number of Topliss-reactive ketones (excluding diaryl/α,β-unsaturated/α-hetero) is 1. The molecule has 80 valence electrons. The third-order valence-corrected chi connectivity index (χ3v) is 3.86. The Kier molecular flexibility index (Phi) is 2.56. The van der Waals surface area contributed by atoms with Gasteiger partial charge in [0.1, 0.15) is 0 Å². The molecular weight excluding hydrogens is 236 g/mol. The van der Waals surface area contributed by atoms with Crippen molar-refractivity contribution in [1.82, 2.24) is 0 Å². The van der Waals surface area contributed by atoms with E-state index in [-0.39, 0.29) is 10.7 Å². The quantitative estimate of drug-likeness (QED) is 0.711. The van der Waals surface area contributed by atoms with Crippen molar-refractivity contribution >= 4 is 25.5 Å². The molecule has 0 fully saturated rings. The Hall–Kier alpha value is -0.870. The average Bonchev–Trinajstić information content (AvgIpc) is 2.16. The van der Waals surface area contributed by atoms with Crippen molar-refractivity contribution in [3.63, 3.8) is 0 Å². The summed E-state index contributed by atoms with van der Waals surface area (Å²) in [4.78, 5) is 11.5. The van der Waals surface area contributed by atoms with Gasteiger partial charge in [0, 0.05) is 22.7 Å². The van der Waals surface area contributed by atoms with Gasteiger partial charge < -0.3 is 0 Å². The number of ketones is 1. The first-order valence-electron chi connectivity index (χ1n) is 4.59. The molecule has 0 heterocycles. The van der Waals surface area contributed by atoms with Crippen molar-refractivity contribution in [2.45, 2.75) is 24.2 Å². The van der Waals surface area contributed by atoms with Crippen LogP contribution in [-0.4, -0.2) is 14.2 Å². The second kappa shape index (κ2) is 3.61. The summed E-state index contributed by atoms with van der Waals surface area (Å²) in [7, 11) is 1.53. The highest BCUT2D eigenvalue weighted by atomic mass is 35.7. The molecule has 5 heteroatoms. The maximum atomic E-state index is 11.5. The number of benzene rings is 1. The third-order valence-electron chi connectivity index (χ3n) is 2.51. The summed E-state index contributed by atoms with van der Waals surface area (Å²) in [5.41, 5.74) is 1.42. The molecule has 1 aromatic carbocycles. The van der Waals surface area contributed by atoms with E-state index in [0.29, 0.717) is 12.0 Å². The van der Waals surface area contributed by atoms with Crippen LogP contribution in [0.3, 0.4) is 0 Å². The Morgan fingerprint density at radius 1 is 1.20 bits per heavy atom. The second-order valence-electron chi connectivity index (χ2n) is 3.53. The van der Waals surface area contributed by atoms with Crippen LogP contribution in [0.25, 0.3) is 0 Å². The summed E-state index contributed by atoms with van der Waals surface area (Å²) in [5.74, 6) is 0.0785. The van der Waals surface area contributed by atoms with E-state index >= 15 is 0 Å². The van der Waals surface area contributed by atoms with Crippen LogP contribution in [0.5, 0.6) is 0 Å². The number of hydrogen-bond acceptors (Lipinski definition) is 3. The van der Waals surface area contributed by atoms with Gasteiger partial charge in [0.25, 0.3) is 9.05 Å². The molecular formula is C10H9ClO3S. The summed E-state index contributed by atoms with van der Waals surface area (Å²) in [6.45, 7) is 0. The van der Waals surface area contributed by atoms with Gasteiger partial charge in [-0.05, 0) is 36.6 Å². The Labute approximate surface area is 92.5 Å². The lowest BCUT2D eigenvalue weighted by molar-refractivity contribution is 0.0972. The lowest BCUT2D eigenvalue weighted by atomic mass is 9.91. The maximum absolute atomic E-state index is 11.5. The van der Waals surface area contributed by atoms with Gasteiger partial charge in [-0.1, -0.05) is 0 Å². The summed E-state index contributed by atoms with van der Waals surface area (Å²) in [6.07, 6.45) is 2.05. The number of halogens is 1. The van der Waals surface area contributed by atoms with Gasteiger partial charge in [-0.3, -0.25) is 4.79 Å². The minimum atomic E-state index is -3.69. The highest BCUT2D eigenvalue weighted by Crippen LogP contribution is 2.25. The first kappa shape index (κ1) is 10.6. The zero-order valence-electron chi connectivity index (χ0n) is 7.86. The van der Waals surface area contributed by atoms with Crippen LogP contribution < -0.4 is 0 Å². The minimum Gasteiger partial charge on any atom is -0.294 e. The summed E-state index contributed by atoms with van der Waals surface area (Å²) in [5, 5.41) is 0. The molecule has 3 nitrogen and oxygen atoms in total. The van der Waals surface area contributed by atoms with Crippen LogP contribution in [-0.2, 0) is 15.5 Å². The molecule has 0 N–H and O–H groups in total. The number of carbonyl (C=O) groups excluding carboxylic acids is 1. The van der Waals surface area contributed by atoms with Crippen LogP contribution in [0.2, 0.25) is 0 Å². The molecule has 15 heavy (non-hydrogen) atoms. The molecule has 0 atom stereocenters. The van der Waals surface area contributed by atoms with Crippen LogP contribution in [0.4, 0.5) is 0 Å². The van der Waals surface area contributed by atoms with Crippen LogP contribution in [0.15, 0.2) is 23.1 Å². The van der Waals surface area contributed by atoms with E-state index in [4.69, 9.17) is 10.7 Å². The topological polar surface area (TPSA) is 51.2 Å². The highest BCUT2D eigenvalue weighted by Gasteiger charge is 2.19. The highest BCUT2D eigenvalue weighted by molar-refractivity contribution is 8.13. The minimum absolute atomic E-state index is 0.0672. The fourth-order valence-electron chi connectivity index (χ4n) is 1.77. The van der Waals surface area contributed by atoms with E-state index in [2.05, 4.69) is 0 Å². The Morgan fingerprint density at radius 3 is 2.60 bits per heavy atom. The monoisotopic (exact) mass is 244 g/mol. The second-order valence-corrected chi connectivity index (χ2v) is 6.10. The number of aryl methyl sites for hydroxylation is 1. The van der Waals surface area contributed by atoms with E-state index in [9.17, 15) is 13.2 Å². The molecule has 0 aliphatic heterocycles. The zero-order chi connectivity index (χ0) is 11.1. The smallest absolute Gasteiger partial charge is 0.261 e. The summed E-state index contributed by atoms with van der Waals surface area (Å²) < 4.78 is 22.2. The van der Waals surface area contributed by atoms with Gasteiger partial charge in [0.05, 0.1) is 4.90 Å². The van der Waals surface area contributed by atoms with Gasteiger partial charge >= 0.3 is 0 Å². The van der Waals surface area contributed by atoms with Gasteiger partial charge in [0.15, 0.2) is 5.78 Å².